The topological polar surface area (TPSA) is 29.5 Å². The van der Waals surface area contributed by atoms with Crippen LogP contribution in [0.25, 0.3) is 0 Å². The summed E-state index contributed by atoms with van der Waals surface area (Å²) in [6.07, 6.45) is 1.64. The second kappa shape index (κ2) is 4.61. The maximum atomic E-state index is 8.96. The van der Waals surface area contributed by atoms with Gasteiger partial charge < -0.3 is 9.84 Å². The summed E-state index contributed by atoms with van der Waals surface area (Å²) in [6.45, 7) is 11.2. The molecular formula is C9H14O2. The fourth-order valence-corrected chi connectivity index (χ4v) is 0.588. The van der Waals surface area contributed by atoms with Crippen LogP contribution in [0.5, 0.6) is 0 Å². The molecule has 0 aromatic rings. The van der Waals surface area contributed by atoms with Gasteiger partial charge in [-0.05, 0) is 19.9 Å². The Morgan fingerprint density at radius 3 is 2.36 bits per heavy atom. The van der Waals surface area contributed by atoms with E-state index in [0.29, 0.717) is 12.4 Å². The third-order valence-electron chi connectivity index (χ3n) is 0.962. The van der Waals surface area contributed by atoms with Crippen molar-refractivity contribution in [2.75, 3.05) is 6.61 Å². The van der Waals surface area contributed by atoms with Crippen molar-refractivity contribution in [1.29, 1.82) is 0 Å². The normalized spacial score (nSPS) is 10.9. The van der Waals surface area contributed by atoms with E-state index in [0.717, 1.165) is 5.57 Å². The Balaban J connectivity index is 4.32. The van der Waals surface area contributed by atoms with Gasteiger partial charge in [0.15, 0.2) is 5.76 Å². The average Bonchev–Trinajstić information content (AvgIpc) is 1.86. The summed E-state index contributed by atoms with van der Waals surface area (Å²) in [5.74, 6) is 0.329. The minimum atomic E-state index is -0.0603. The molecule has 62 valence electrons. The predicted octanol–water partition coefficient (Wildman–Crippen LogP) is 2.55. The first-order valence-corrected chi connectivity index (χ1v) is 3.46. The Morgan fingerprint density at radius 2 is 2.09 bits per heavy atom. The van der Waals surface area contributed by atoms with Crippen molar-refractivity contribution in [3.05, 3.63) is 36.3 Å². The monoisotopic (exact) mass is 154 g/mol. The molecule has 0 aromatic carbocycles. The molecule has 2 heteroatoms. The van der Waals surface area contributed by atoms with Crippen molar-refractivity contribution in [3.63, 3.8) is 0 Å². The summed E-state index contributed by atoms with van der Waals surface area (Å²) in [6, 6.07) is 0. The Morgan fingerprint density at radius 1 is 1.55 bits per heavy atom. The molecule has 1 N–H and O–H groups in total. The van der Waals surface area contributed by atoms with E-state index in [2.05, 4.69) is 13.2 Å². The summed E-state index contributed by atoms with van der Waals surface area (Å²) in [7, 11) is 0. The van der Waals surface area contributed by atoms with Crippen LogP contribution in [0.15, 0.2) is 36.3 Å². The van der Waals surface area contributed by atoms with E-state index in [1.54, 1.807) is 6.08 Å². The number of allylic oxidation sites excluding steroid dienone is 2. The van der Waals surface area contributed by atoms with E-state index in [9.17, 15) is 0 Å². The highest BCUT2D eigenvalue weighted by atomic mass is 16.5. The van der Waals surface area contributed by atoms with Gasteiger partial charge in [-0.3, -0.25) is 0 Å². The molecule has 0 radical (unpaired) electrons. The number of aliphatic hydroxyl groups is 1. The van der Waals surface area contributed by atoms with Gasteiger partial charge in [0.25, 0.3) is 0 Å². The fraction of sp³-hybridized carbons (Fsp3) is 0.333. The first-order valence-electron chi connectivity index (χ1n) is 3.46. The first-order chi connectivity index (χ1) is 5.07. The Bertz CT molecular complexity index is 190. The SMILES string of the molecule is C=C(C)/C=C(/OCC)C(=C)O. The Labute approximate surface area is 67.5 Å². The number of ether oxygens (including phenoxy) is 1. The summed E-state index contributed by atoms with van der Waals surface area (Å²) < 4.78 is 5.06. The largest absolute Gasteiger partial charge is 0.505 e. The standard InChI is InChI=1S/C9H14O2/c1-5-11-9(8(4)10)6-7(2)3/h6,10H,2,4-5H2,1,3H3/b9-6+. The maximum Gasteiger partial charge on any atom is 0.160 e. The van der Waals surface area contributed by atoms with Crippen LogP contribution in [0.4, 0.5) is 0 Å². The lowest BCUT2D eigenvalue weighted by Crippen LogP contribution is -1.94. The molecule has 0 bridgehead atoms. The van der Waals surface area contributed by atoms with Gasteiger partial charge in [-0.25, -0.2) is 0 Å². The second-order valence-electron chi connectivity index (χ2n) is 2.23. The van der Waals surface area contributed by atoms with Gasteiger partial charge in [0.1, 0.15) is 5.76 Å². The zero-order valence-corrected chi connectivity index (χ0v) is 7.05. The van der Waals surface area contributed by atoms with Crippen LogP contribution in [-0.4, -0.2) is 11.7 Å². The van der Waals surface area contributed by atoms with Gasteiger partial charge in [0.05, 0.1) is 6.61 Å². The molecule has 0 aromatic heterocycles. The number of hydrogen-bond donors (Lipinski definition) is 1. The van der Waals surface area contributed by atoms with E-state index in [-0.39, 0.29) is 5.76 Å². The lowest BCUT2D eigenvalue weighted by Gasteiger charge is -2.05. The van der Waals surface area contributed by atoms with Crippen LogP contribution < -0.4 is 0 Å². The average molecular weight is 154 g/mol. The van der Waals surface area contributed by atoms with Crippen molar-refractivity contribution in [3.8, 4) is 0 Å². The van der Waals surface area contributed by atoms with Gasteiger partial charge >= 0.3 is 0 Å². The third-order valence-corrected chi connectivity index (χ3v) is 0.962. The molecule has 2 nitrogen and oxygen atoms in total. The Kier molecular flexibility index (Phi) is 4.11. The molecule has 0 saturated heterocycles. The van der Waals surface area contributed by atoms with Crippen LogP contribution >= 0.6 is 0 Å². The molecule has 0 fully saturated rings. The highest BCUT2D eigenvalue weighted by Gasteiger charge is 1.99. The molecule has 0 spiro atoms. The molecule has 0 unspecified atom stereocenters. The zero-order chi connectivity index (χ0) is 8.85. The van der Waals surface area contributed by atoms with Gasteiger partial charge in [0.2, 0.25) is 0 Å². The van der Waals surface area contributed by atoms with Crippen molar-refractivity contribution in [2.24, 2.45) is 0 Å². The highest BCUT2D eigenvalue weighted by Crippen LogP contribution is 2.08. The van der Waals surface area contributed by atoms with Gasteiger partial charge in [-0.1, -0.05) is 18.7 Å². The molecule has 11 heavy (non-hydrogen) atoms. The minimum Gasteiger partial charge on any atom is -0.505 e. The third kappa shape index (κ3) is 4.25. The van der Waals surface area contributed by atoms with Crippen LogP contribution in [-0.2, 0) is 4.74 Å². The van der Waals surface area contributed by atoms with Crippen molar-refractivity contribution in [2.45, 2.75) is 13.8 Å². The van der Waals surface area contributed by atoms with Crippen LogP contribution in [0, 0.1) is 0 Å². The van der Waals surface area contributed by atoms with Gasteiger partial charge in [-0.15, -0.1) is 0 Å². The Hall–Kier alpha value is -1.18. The molecular weight excluding hydrogens is 140 g/mol. The number of aliphatic hydroxyl groups excluding tert-OH is 1. The van der Waals surface area contributed by atoms with Crippen LogP contribution in [0.1, 0.15) is 13.8 Å². The first kappa shape index (κ1) is 9.82. The van der Waals surface area contributed by atoms with Crippen molar-refractivity contribution >= 4 is 0 Å². The second-order valence-corrected chi connectivity index (χ2v) is 2.23. The highest BCUT2D eigenvalue weighted by molar-refractivity contribution is 5.24. The van der Waals surface area contributed by atoms with E-state index >= 15 is 0 Å². The molecule has 0 aliphatic heterocycles. The summed E-state index contributed by atoms with van der Waals surface area (Å²) in [5.41, 5.74) is 0.823. The quantitative estimate of drug-likeness (QED) is 0.498. The van der Waals surface area contributed by atoms with Crippen LogP contribution in [0.2, 0.25) is 0 Å². The molecule has 0 atom stereocenters. The lowest BCUT2D eigenvalue weighted by molar-refractivity contribution is 0.208. The number of rotatable bonds is 4. The van der Waals surface area contributed by atoms with Crippen molar-refractivity contribution < 1.29 is 9.84 Å². The van der Waals surface area contributed by atoms with Gasteiger partial charge in [-0.2, -0.15) is 0 Å². The zero-order valence-electron chi connectivity index (χ0n) is 7.05. The minimum absolute atomic E-state index is 0.0603. The van der Waals surface area contributed by atoms with Crippen molar-refractivity contribution in [1.82, 2.24) is 0 Å². The summed E-state index contributed by atoms with van der Waals surface area (Å²) >= 11 is 0. The summed E-state index contributed by atoms with van der Waals surface area (Å²) in [4.78, 5) is 0. The molecule has 0 aliphatic carbocycles. The fourth-order valence-electron chi connectivity index (χ4n) is 0.588. The molecule has 0 rings (SSSR count). The molecule has 0 amide bonds. The molecule has 0 heterocycles. The van der Waals surface area contributed by atoms with Crippen LogP contribution in [0.3, 0.4) is 0 Å². The van der Waals surface area contributed by atoms with E-state index in [4.69, 9.17) is 9.84 Å². The predicted molar refractivity (Wildman–Crippen MR) is 46.3 cm³/mol. The van der Waals surface area contributed by atoms with Gasteiger partial charge in [0, 0.05) is 0 Å². The summed E-state index contributed by atoms with van der Waals surface area (Å²) in [5, 5.41) is 8.96. The van der Waals surface area contributed by atoms with E-state index in [1.807, 2.05) is 13.8 Å². The number of hydrogen-bond acceptors (Lipinski definition) is 2. The van der Waals surface area contributed by atoms with E-state index < -0.39 is 0 Å². The molecule has 0 saturated carbocycles. The maximum absolute atomic E-state index is 8.96. The lowest BCUT2D eigenvalue weighted by atomic mass is 10.3. The van der Waals surface area contributed by atoms with E-state index in [1.165, 1.54) is 0 Å². The molecule has 0 aliphatic rings. The smallest absolute Gasteiger partial charge is 0.160 e.